The Labute approximate surface area is 92.4 Å². The summed E-state index contributed by atoms with van der Waals surface area (Å²) in [5.74, 6) is -0.708. The van der Waals surface area contributed by atoms with E-state index in [1.165, 1.54) is 12.1 Å². The zero-order valence-electron chi connectivity index (χ0n) is 9.11. The van der Waals surface area contributed by atoms with E-state index in [-0.39, 0.29) is 17.4 Å². The van der Waals surface area contributed by atoms with Crippen molar-refractivity contribution in [1.82, 2.24) is 0 Å². The summed E-state index contributed by atoms with van der Waals surface area (Å²) in [6.45, 7) is 4.00. The molecule has 1 saturated carbocycles. The quantitative estimate of drug-likeness (QED) is 0.618. The number of hydrogen-bond acceptors (Lipinski definition) is 3. The molecule has 1 fully saturated rings. The molecule has 16 heavy (non-hydrogen) atoms. The second-order valence-electron chi connectivity index (χ2n) is 4.79. The minimum absolute atomic E-state index is 0.00615. The number of rotatable bonds is 2. The van der Waals surface area contributed by atoms with Gasteiger partial charge in [-0.25, -0.2) is 0 Å². The SMILES string of the molecule is CC1(C)[C@H](N)[C@H]1c1ccc([N+](=O)[O-])c(F)c1. The van der Waals surface area contributed by atoms with Crippen molar-refractivity contribution >= 4 is 5.69 Å². The van der Waals surface area contributed by atoms with Gasteiger partial charge in [0.25, 0.3) is 0 Å². The minimum Gasteiger partial charge on any atom is -0.327 e. The summed E-state index contributed by atoms with van der Waals surface area (Å²) in [5.41, 5.74) is 6.06. The number of nitro benzene ring substituents is 1. The van der Waals surface area contributed by atoms with Crippen molar-refractivity contribution in [3.05, 3.63) is 39.7 Å². The van der Waals surface area contributed by atoms with Crippen molar-refractivity contribution in [1.29, 1.82) is 0 Å². The molecule has 5 heteroatoms. The fourth-order valence-electron chi connectivity index (χ4n) is 2.18. The summed E-state index contributed by atoms with van der Waals surface area (Å²) in [6.07, 6.45) is 0. The van der Waals surface area contributed by atoms with E-state index in [0.29, 0.717) is 0 Å². The molecule has 2 rings (SSSR count). The fraction of sp³-hybridized carbons (Fsp3) is 0.455. The molecule has 1 aromatic carbocycles. The maximum Gasteiger partial charge on any atom is 0.304 e. The van der Waals surface area contributed by atoms with Gasteiger partial charge in [-0.2, -0.15) is 4.39 Å². The normalized spacial score (nSPS) is 26.5. The van der Waals surface area contributed by atoms with Crippen molar-refractivity contribution < 1.29 is 9.31 Å². The largest absolute Gasteiger partial charge is 0.327 e. The number of hydrogen-bond donors (Lipinski definition) is 1. The van der Waals surface area contributed by atoms with Crippen LogP contribution in [0.25, 0.3) is 0 Å². The lowest BCUT2D eigenvalue weighted by molar-refractivity contribution is -0.387. The van der Waals surface area contributed by atoms with Crippen LogP contribution < -0.4 is 5.73 Å². The lowest BCUT2D eigenvalue weighted by Gasteiger charge is -2.03. The summed E-state index contributed by atoms with van der Waals surface area (Å²) in [6, 6.07) is 4.00. The van der Waals surface area contributed by atoms with Crippen LogP contribution in [0.3, 0.4) is 0 Å². The molecule has 0 aliphatic heterocycles. The molecule has 0 spiro atoms. The predicted molar refractivity (Wildman–Crippen MR) is 57.6 cm³/mol. The maximum atomic E-state index is 13.4. The monoisotopic (exact) mass is 224 g/mol. The Morgan fingerprint density at radius 3 is 2.44 bits per heavy atom. The summed E-state index contributed by atoms with van der Waals surface area (Å²) < 4.78 is 13.4. The van der Waals surface area contributed by atoms with Crippen molar-refractivity contribution in [3.8, 4) is 0 Å². The van der Waals surface area contributed by atoms with Gasteiger partial charge in [-0.1, -0.05) is 19.9 Å². The first-order valence-electron chi connectivity index (χ1n) is 5.05. The minimum atomic E-state index is -0.794. The van der Waals surface area contributed by atoms with Crippen LogP contribution in [0.1, 0.15) is 25.3 Å². The Morgan fingerprint density at radius 2 is 2.06 bits per heavy atom. The standard InChI is InChI=1S/C11H13FN2O2/c1-11(2)9(10(11)13)6-3-4-8(14(15)16)7(12)5-6/h3-5,9-10H,13H2,1-2H3/t9-,10-/m1/s1. The molecule has 0 heterocycles. The zero-order valence-corrected chi connectivity index (χ0v) is 9.11. The van der Waals surface area contributed by atoms with Gasteiger partial charge in [-0.3, -0.25) is 10.1 Å². The van der Waals surface area contributed by atoms with Gasteiger partial charge in [0.05, 0.1) is 4.92 Å². The van der Waals surface area contributed by atoms with E-state index >= 15 is 0 Å². The third kappa shape index (κ3) is 1.48. The van der Waals surface area contributed by atoms with E-state index in [9.17, 15) is 14.5 Å². The highest BCUT2D eigenvalue weighted by Crippen LogP contribution is 2.57. The van der Waals surface area contributed by atoms with Gasteiger partial charge < -0.3 is 5.73 Å². The summed E-state index contributed by atoms with van der Waals surface area (Å²) in [4.78, 5) is 9.73. The number of nitrogens with two attached hydrogens (primary N) is 1. The molecule has 2 atom stereocenters. The Morgan fingerprint density at radius 1 is 1.50 bits per heavy atom. The lowest BCUT2D eigenvalue weighted by Crippen LogP contribution is -2.06. The first kappa shape index (κ1) is 11.0. The number of halogens is 1. The summed E-state index contributed by atoms with van der Waals surface area (Å²) >= 11 is 0. The summed E-state index contributed by atoms with van der Waals surface area (Å²) in [7, 11) is 0. The molecule has 0 radical (unpaired) electrons. The first-order chi connectivity index (χ1) is 7.35. The van der Waals surface area contributed by atoms with Gasteiger partial charge in [0.1, 0.15) is 0 Å². The second kappa shape index (κ2) is 3.25. The molecular formula is C11H13FN2O2. The summed E-state index contributed by atoms with van der Waals surface area (Å²) in [5, 5.41) is 10.5. The zero-order chi connectivity index (χ0) is 12.1. The molecule has 2 N–H and O–H groups in total. The molecule has 0 saturated heterocycles. The fourth-order valence-corrected chi connectivity index (χ4v) is 2.18. The molecule has 1 aliphatic rings. The first-order valence-corrected chi connectivity index (χ1v) is 5.05. The van der Waals surface area contributed by atoms with Crippen LogP contribution in [0, 0.1) is 21.3 Å². The molecular weight excluding hydrogens is 211 g/mol. The van der Waals surface area contributed by atoms with E-state index in [1.807, 2.05) is 13.8 Å². The molecule has 4 nitrogen and oxygen atoms in total. The average Bonchev–Trinajstić information content (AvgIpc) is 2.65. The van der Waals surface area contributed by atoms with Gasteiger partial charge in [-0.05, 0) is 17.0 Å². The molecule has 0 aromatic heterocycles. The highest BCUT2D eigenvalue weighted by atomic mass is 19.1. The third-order valence-corrected chi connectivity index (χ3v) is 3.44. The smallest absolute Gasteiger partial charge is 0.304 e. The Hall–Kier alpha value is -1.49. The number of nitrogens with zero attached hydrogens (tertiary/aromatic N) is 1. The van der Waals surface area contributed by atoms with Gasteiger partial charge in [-0.15, -0.1) is 0 Å². The topological polar surface area (TPSA) is 69.2 Å². The van der Waals surface area contributed by atoms with Crippen LogP contribution in [0.15, 0.2) is 18.2 Å². The van der Waals surface area contributed by atoms with Crippen LogP contribution >= 0.6 is 0 Å². The average molecular weight is 224 g/mol. The van der Waals surface area contributed by atoms with Crippen molar-refractivity contribution in [2.75, 3.05) is 0 Å². The third-order valence-electron chi connectivity index (χ3n) is 3.44. The molecule has 1 aromatic rings. The van der Waals surface area contributed by atoms with E-state index in [4.69, 9.17) is 5.73 Å². The number of benzene rings is 1. The Balaban J connectivity index is 2.33. The van der Waals surface area contributed by atoms with Crippen LogP contribution in [0.4, 0.5) is 10.1 Å². The highest BCUT2D eigenvalue weighted by Gasteiger charge is 2.56. The van der Waals surface area contributed by atoms with Crippen molar-refractivity contribution in [2.24, 2.45) is 11.1 Å². The van der Waals surface area contributed by atoms with Crippen LogP contribution in [0.2, 0.25) is 0 Å². The number of nitro groups is 1. The highest BCUT2D eigenvalue weighted by molar-refractivity contribution is 5.41. The molecule has 0 bridgehead atoms. The van der Waals surface area contributed by atoms with Crippen molar-refractivity contribution in [3.63, 3.8) is 0 Å². The van der Waals surface area contributed by atoms with Gasteiger partial charge in [0, 0.05) is 18.0 Å². The Bertz CT molecular complexity index is 459. The van der Waals surface area contributed by atoms with E-state index in [1.54, 1.807) is 6.07 Å². The molecule has 0 unspecified atom stereocenters. The van der Waals surface area contributed by atoms with E-state index < -0.39 is 16.4 Å². The maximum absolute atomic E-state index is 13.4. The molecule has 0 amide bonds. The molecule has 86 valence electrons. The van der Waals surface area contributed by atoms with Gasteiger partial charge in [0.15, 0.2) is 0 Å². The van der Waals surface area contributed by atoms with Crippen LogP contribution in [-0.4, -0.2) is 11.0 Å². The van der Waals surface area contributed by atoms with Gasteiger partial charge in [0.2, 0.25) is 5.82 Å². The second-order valence-corrected chi connectivity index (χ2v) is 4.79. The van der Waals surface area contributed by atoms with E-state index in [0.717, 1.165) is 5.56 Å². The van der Waals surface area contributed by atoms with Crippen molar-refractivity contribution in [2.45, 2.75) is 25.8 Å². The van der Waals surface area contributed by atoms with Gasteiger partial charge >= 0.3 is 5.69 Å². The molecule has 1 aliphatic carbocycles. The Kier molecular flexibility index (Phi) is 2.24. The van der Waals surface area contributed by atoms with E-state index in [2.05, 4.69) is 0 Å². The van der Waals surface area contributed by atoms with Crippen LogP contribution in [-0.2, 0) is 0 Å². The van der Waals surface area contributed by atoms with Crippen LogP contribution in [0.5, 0.6) is 0 Å². The predicted octanol–water partition coefficient (Wildman–Crippen LogP) is 2.18. The lowest BCUT2D eigenvalue weighted by atomic mass is 10.0.